The Balaban J connectivity index is 2.05. The summed E-state index contributed by atoms with van der Waals surface area (Å²) in [5.41, 5.74) is 4.10. The zero-order chi connectivity index (χ0) is 13.7. The van der Waals surface area contributed by atoms with Gasteiger partial charge >= 0.3 is 0 Å². The number of benzene rings is 1. The second-order valence-electron chi connectivity index (χ2n) is 5.40. The standard InChI is InChI=1S/C16H26N2O/c1-4-7-17-11-15-5-6-16(10-13(15)2)18-8-9-19-12-14(18)3/h5-6,10,14,17H,4,7-9,11-12H2,1-3H3. The molecule has 1 unspecified atom stereocenters. The molecule has 3 nitrogen and oxygen atoms in total. The first-order valence-electron chi connectivity index (χ1n) is 7.37. The van der Waals surface area contributed by atoms with Gasteiger partial charge in [0.05, 0.1) is 13.2 Å². The lowest BCUT2D eigenvalue weighted by Gasteiger charge is -2.35. The van der Waals surface area contributed by atoms with Crippen molar-refractivity contribution in [2.24, 2.45) is 0 Å². The zero-order valence-electron chi connectivity index (χ0n) is 12.4. The van der Waals surface area contributed by atoms with Crippen LogP contribution < -0.4 is 10.2 Å². The van der Waals surface area contributed by atoms with E-state index < -0.39 is 0 Å². The van der Waals surface area contributed by atoms with Crippen LogP contribution in [-0.2, 0) is 11.3 Å². The summed E-state index contributed by atoms with van der Waals surface area (Å²) >= 11 is 0. The third-order valence-corrected chi connectivity index (χ3v) is 3.77. The molecule has 1 atom stereocenters. The minimum atomic E-state index is 0.470. The lowest BCUT2D eigenvalue weighted by molar-refractivity contribution is 0.0989. The molecule has 1 aromatic rings. The smallest absolute Gasteiger partial charge is 0.0668 e. The van der Waals surface area contributed by atoms with Crippen LogP contribution in [-0.4, -0.2) is 32.3 Å². The van der Waals surface area contributed by atoms with Crippen LogP contribution in [0.15, 0.2) is 18.2 Å². The summed E-state index contributed by atoms with van der Waals surface area (Å²) in [6.07, 6.45) is 1.18. The van der Waals surface area contributed by atoms with E-state index in [-0.39, 0.29) is 0 Å². The van der Waals surface area contributed by atoms with E-state index in [1.54, 1.807) is 0 Å². The van der Waals surface area contributed by atoms with Gasteiger partial charge in [0.15, 0.2) is 0 Å². The van der Waals surface area contributed by atoms with E-state index in [0.717, 1.165) is 32.8 Å². The van der Waals surface area contributed by atoms with Crippen molar-refractivity contribution in [3.63, 3.8) is 0 Å². The number of rotatable bonds is 5. The summed E-state index contributed by atoms with van der Waals surface area (Å²) in [4.78, 5) is 2.44. The largest absolute Gasteiger partial charge is 0.377 e. The van der Waals surface area contributed by atoms with Gasteiger partial charge in [0.2, 0.25) is 0 Å². The lowest BCUT2D eigenvalue weighted by atomic mass is 10.1. The molecule has 1 aromatic carbocycles. The van der Waals surface area contributed by atoms with Crippen LogP contribution in [0, 0.1) is 6.92 Å². The van der Waals surface area contributed by atoms with Crippen LogP contribution in [0.3, 0.4) is 0 Å². The number of hydrogen-bond acceptors (Lipinski definition) is 3. The predicted molar refractivity (Wildman–Crippen MR) is 80.8 cm³/mol. The topological polar surface area (TPSA) is 24.5 Å². The van der Waals surface area contributed by atoms with Gasteiger partial charge in [0.25, 0.3) is 0 Å². The molecule has 19 heavy (non-hydrogen) atoms. The molecule has 0 bridgehead atoms. The van der Waals surface area contributed by atoms with Crippen molar-refractivity contribution in [3.8, 4) is 0 Å². The Morgan fingerprint density at radius 2 is 2.26 bits per heavy atom. The van der Waals surface area contributed by atoms with Crippen molar-refractivity contribution in [2.75, 3.05) is 31.2 Å². The second-order valence-corrected chi connectivity index (χ2v) is 5.40. The summed E-state index contributed by atoms with van der Waals surface area (Å²) in [5, 5.41) is 3.47. The molecule has 0 aliphatic carbocycles. The Morgan fingerprint density at radius 3 is 2.95 bits per heavy atom. The number of anilines is 1. The van der Waals surface area contributed by atoms with E-state index in [4.69, 9.17) is 4.74 Å². The molecule has 0 aromatic heterocycles. The number of hydrogen-bond donors (Lipinski definition) is 1. The highest BCUT2D eigenvalue weighted by Crippen LogP contribution is 2.22. The summed E-state index contributed by atoms with van der Waals surface area (Å²) in [5.74, 6) is 0. The number of ether oxygens (including phenoxy) is 1. The van der Waals surface area contributed by atoms with Crippen molar-refractivity contribution >= 4 is 5.69 Å². The van der Waals surface area contributed by atoms with E-state index in [1.165, 1.54) is 23.2 Å². The maximum absolute atomic E-state index is 5.50. The van der Waals surface area contributed by atoms with E-state index in [0.29, 0.717) is 6.04 Å². The molecular formula is C16H26N2O. The summed E-state index contributed by atoms with van der Waals surface area (Å²) in [6, 6.07) is 7.29. The lowest BCUT2D eigenvalue weighted by Crippen LogP contribution is -2.43. The van der Waals surface area contributed by atoms with Crippen LogP contribution in [0.2, 0.25) is 0 Å². The Bertz CT molecular complexity index is 406. The van der Waals surface area contributed by atoms with Crippen LogP contribution in [0.4, 0.5) is 5.69 Å². The van der Waals surface area contributed by atoms with E-state index in [1.807, 2.05) is 0 Å². The minimum absolute atomic E-state index is 0.470. The molecule has 1 aliphatic rings. The Hall–Kier alpha value is -1.06. The summed E-state index contributed by atoms with van der Waals surface area (Å²) in [6.45, 7) is 11.3. The third-order valence-electron chi connectivity index (χ3n) is 3.77. The molecule has 2 rings (SSSR count). The van der Waals surface area contributed by atoms with E-state index >= 15 is 0 Å². The van der Waals surface area contributed by atoms with Crippen LogP contribution in [0.1, 0.15) is 31.4 Å². The van der Waals surface area contributed by atoms with Crippen LogP contribution in [0.5, 0.6) is 0 Å². The molecular weight excluding hydrogens is 236 g/mol. The summed E-state index contributed by atoms with van der Waals surface area (Å²) < 4.78 is 5.50. The van der Waals surface area contributed by atoms with Gasteiger partial charge in [0.1, 0.15) is 0 Å². The van der Waals surface area contributed by atoms with Gasteiger partial charge in [-0.2, -0.15) is 0 Å². The summed E-state index contributed by atoms with van der Waals surface area (Å²) in [7, 11) is 0. The van der Waals surface area contributed by atoms with Gasteiger partial charge in [-0.15, -0.1) is 0 Å². The molecule has 1 heterocycles. The highest BCUT2D eigenvalue weighted by atomic mass is 16.5. The zero-order valence-corrected chi connectivity index (χ0v) is 12.4. The van der Waals surface area contributed by atoms with E-state index in [2.05, 4.69) is 49.2 Å². The highest BCUT2D eigenvalue weighted by molar-refractivity contribution is 5.51. The molecule has 0 spiro atoms. The number of morpholine rings is 1. The Kier molecular flexibility index (Phi) is 5.23. The first-order chi connectivity index (χ1) is 9.22. The fourth-order valence-corrected chi connectivity index (χ4v) is 2.57. The first-order valence-corrected chi connectivity index (χ1v) is 7.37. The molecule has 1 N–H and O–H groups in total. The van der Waals surface area contributed by atoms with Crippen molar-refractivity contribution < 1.29 is 4.74 Å². The maximum atomic E-state index is 5.50. The number of aryl methyl sites for hydroxylation is 1. The van der Waals surface area contributed by atoms with Gasteiger partial charge in [-0.3, -0.25) is 0 Å². The average Bonchev–Trinajstić information content (AvgIpc) is 2.41. The fraction of sp³-hybridized carbons (Fsp3) is 0.625. The van der Waals surface area contributed by atoms with Crippen molar-refractivity contribution in [1.82, 2.24) is 5.32 Å². The quantitative estimate of drug-likeness (QED) is 0.826. The number of nitrogens with one attached hydrogen (secondary N) is 1. The highest BCUT2D eigenvalue weighted by Gasteiger charge is 2.19. The maximum Gasteiger partial charge on any atom is 0.0668 e. The molecule has 1 aliphatic heterocycles. The van der Waals surface area contributed by atoms with Crippen molar-refractivity contribution in [1.29, 1.82) is 0 Å². The van der Waals surface area contributed by atoms with Crippen LogP contribution >= 0.6 is 0 Å². The Labute approximate surface area is 116 Å². The predicted octanol–water partition coefficient (Wildman–Crippen LogP) is 2.72. The average molecular weight is 262 g/mol. The SMILES string of the molecule is CCCNCc1ccc(N2CCOCC2C)cc1C. The molecule has 0 amide bonds. The molecule has 0 radical (unpaired) electrons. The molecule has 3 heteroatoms. The molecule has 106 valence electrons. The molecule has 0 saturated carbocycles. The first kappa shape index (κ1) is 14.4. The van der Waals surface area contributed by atoms with Gasteiger partial charge < -0.3 is 15.0 Å². The van der Waals surface area contributed by atoms with Crippen molar-refractivity contribution in [2.45, 2.75) is 39.8 Å². The Morgan fingerprint density at radius 1 is 1.42 bits per heavy atom. The molecule has 1 saturated heterocycles. The van der Waals surface area contributed by atoms with E-state index in [9.17, 15) is 0 Å². The normalized spacial score (nSPS) is 19.7. The van der Waals surface area contributed by atoms with Gasteiger partial charge in [-0.1, -0.05) is 13.0 Å². The van der Waals surface area contributed by atoms with Crippen LogP contribution in [0.25, 0.3) is 0 Å². The molecule has 1 fully saturated rings. The van der Waals surface area contributed by atoms with Gasteiger partial charge in [-0.25, -0.2) is 0 Å². The minimum Gasteiger partial charge on any atom is -0.377 e. The van der Waals surface area contributed by atoms with Crippen molar-refractivity contribution in [3.05, 3.63) is 29.3 Å². The monoisotopic (exact) mass is 262 g/mol. The van der Waals surface area contributed by atoms with Gasteiger partial charge in [0, 0.05) is 24.8 Å². The fourth-order valence-electron chi connectivity index (χ4n) is 2.57. The second kappa shape index (κ2) is 6.92. The van der Waals surface area contributed by atoms with Gasteiger partial charge in [-0.05, 0) is 50.1 Å². The third kappa shape index (κ3) is 3.71. The number of nitrogens with zero attached hydrogens (tertiary/aromatic N) is 1.